The Bertz CT molecular complexity index is 261. The van der Waals surface area contributed by atoms with Gasteiger partial charge in [-0.1, -0.05) is 6.92 Å². The smallest absolute Gasteiger partial charge is 0.312 e. The Morgan fingerprint density at radius 3 is 2.83 bits per heavy atom. The number of carbonyl (C=O) groups is 1. The van der Waals surface area contributed by atoms with Gasteiger partial charge in [-0.15, -0.1) is 0 Å². The summed E-state index contributed by atoms with van der Waals surface area (Å²) >= 11 is 0. The second kappa shape index (κ2) is 3.80. The Morgan fingerprint density at radius 2 is 2.42 bits per heavy atom. The topological polar surface area (TPSA) is 63.1 Å². The quantitative estimate of drug-likeness (QED) is 0.729. The van der Waals surface area contributed by atoms with E-state index in [2.05, 4.69) is 9.97 Å². The van der Waals surface area contributed by atoms with E-state index in [0.29, 0.717) is 12.1 Å². The number of carboxylic acid groups (broad SMARTS) is 1. The molecule has 12 heavy (non-hydrogen) atoms. The van der Waals surface area contributed by atoms with Crippen LogP contribution >= 0.6 is 0 Å². The molecule has 4 nitrogen and oxygen atoms in total. The van der Waals surface area contributed by atoms with Crippen molar-refractivity contribution in [3.05, 3.63) is 24.3 Å². The summed E-state index contributed by atoms with van der Waals surface area (Å²) in [4.78, 5) is 18.4. The molecule has 0 aliphatic carbocycles. The van der Waals surface area contributed by atoms with Gasteiger partial charge in [0.05, 0.1) is 5.69 Å². The summed E-state index contributed by atoms with van der Waals surface area (Å²) in [7, 11) is 0. The largest absolute Gasteiger partial charge is 0.481 e. The first-order valence-electron chi connectivity index (χ1n) is 3.74. The van der Waals surface area contributed by atoms with Crippen molar-refractivity contribution in [2.75, 3.05) is 0 Å². The molecule has 1 rings (SSSR count). The van der Waals surface area contributed by atoms with Crippen molar-refractivity contribution in [3.8, 4) is 0 Å². The summed E-state index contributed by atoms with van der Waals surface area (Å²) in [5, 5.41) is 8.76. The third-order valence-corrected chi connectivity index (χ3v) is 1.65. The zero-order chi connectivity index (χ0) is 8.97. The normalized spacial score (nSPS) is 12.4. The predicted octanol–water partition coefficient (Wildman–Crippen LogP) is 1.05. The molecular formula is C8H10N2O2. The van der Waals surface area contributed by atoms with Crippen LogP contribution in [-0.2, 0) is 4.79 Å². The van der Waals surface area contributed by atoms with E-state index in [1.807, 2.05) is 6.92 Å². The Balaban J connectivity index is 2.88. The summed E-state index contributed by atoms with van der Waals surface area (Å²) in [6.45, 7) is 1.81. The number of aromatic nitrogens is 2. The van der Waals surface area contributed by atoms with Gasteiger partial charge in [0.1, 0.15) is 5.92 Å². The van der Waals surface area contributed by atoms with E-state index in [0.717, 1.165) is 0 Å². The van der Waals surface area contributed by atoms with Crippen LogP contribution in [0.25, 0.3) is 0 Å². The first-order valence-corrected chi connectivity index (χ1v) is 3.74. The number of carboxylic acids is 1. The molecule has 1 aromatic heterocycles. The maximum atomic E-state index is 10.7. The number of rotatable bonds is 3. The van der Waals surface area contributed by atoms with Crippen LogP contribution in [0.2, 0.25) is 0 Å². The first kappa shape index (κ1) is 8.64. The average Bonchev–Trinajstić information content (AvgIpc) is 2.07. The summed E-state index contributed by atoms with van der Waals surface area (Å²) in [5.74, 6) is -1.38. The van der Waals surface area contributed by atoms with Crippen molar-refractivity contribution in [2.24, 2.45) is 0 Å². The van der Waals surface area contributed by atoms with Crippen LogP contribution in [-0.4, -0.2) is 21.0 Å². The SMILES string of the molecule is CCC(C(=O)O)c1cnccn1. The molecule has 1 aromatic rings. The van der Waals surface area contributed by atoms with Crippen LogP contribution in [0.15, 0.2) is 18.6 Å². The molecule has 0 saturated heterocycles. The molecule has 1 N–H and O–H groups in total. The van der Waals surface area contributed by atoms with Crippen molar-refractivity contribution in [2.45, 2.75) is 19.3 Å². The van der Waals surface area contributed by atoms with Gasteiger partial charge in [0.15, 0.2) is 0 Å². The Morgan fingerprint density at radius 1 is 1.67 bits per heavy atom. The fraction of sp³-hybridized carbons (Fsp3) is 0.375. The molecular weight excluding hydrogens is 156 g/mol. The van der Waals surface area contributed by atoms with Gasteiger partial charge in [0.2, 0.25) is 0 Å². The summed E-state index contributed by atoms with van der Waals surface area (Å²) < 4.78 is 0. The van der Waals surface area contributed by atoms with Gasteiger partial charge >= 0.3 is 5.97 Å². The number of hydrogen-bond acceptors (Lipinski definition) is 3. The molecule has 64 valence electrons. The Hall–Kier alpha value is -1.45. The molecule has 0 amide bonds. The summed E-state index contributed by atoms with van der Waals surface area (Å²) in [5.41, 5.74) is 0.521. The molecule has 1 atom stereocenters. The molecule has 1 heterocycles. The lowest BCUT2D eigenvalue weighted by molar-refractivity contribution is -0.138. The second-order valence-electron chi connectivity index (χ2n) is 2.43. The molecule has 0 bridgehead atoms. The van der Waals surface area contributed by atoms with E-state index in [1.165, 1.54) is 18.6 Å². The van der Waals surface area contributed by atoms with Gasteiger partial charge in [0.25, 0.3) is 0 Å². The van der Waals surface area contributed by atoms with Crippen molar-refractivity contribution in [3.63, 3.8) is 0 Å². The first-order chi connectivity index (χ1) is 5.75. The maximum absolute atomic E-state index is 10.7. The summed E-state index contributed by atoms with van der Waals surface area (Å²) in [6, 6.07) is 0. The molecule has 4 heteroatoms. The van der Waals surface area contributed by atoms with E-state index in [9.17, 15) is 4.79 Å². The zero-order valence-corrected chi connectivity index (χ0v) is 6.77. The third-order valence-electron chi connectivity index (χ3n) is 1.65. The predicted molar refractivity (Wildman–Crippen MR) is 42.7 cm³/mol. The Kier molecular flexibility index (Phi) is 2.74. The number of nitrogens with zero attached hydrogens (tertiary/aromatic N) is 2. The highest BCUT2D eigenvalue weighted by atomic mass is 16.4. The third kappa shape index (κ3) is 1.78. The average molecular weight is 166 g/mol. The lowest BCUT2D eigenvalue weighted by Crippen LogP contribution is -2.12. The van der Waals surface area contributed by atoms with E-state index in [1.54, 1.807) is 0 Å². The van der Waals surface area contributed by atoms with Gasteiger partial charge < -0.3 is 5.11 Å². The van der Waals surface area contributed by atoms with Crippen LogP contribution in [0.4, 0.5) is 0 Å². The van der Waals surface area contributed by atoms with Crippen LogP contribution < -0.4 is 0 Å². The van der Waals surface area contributed by atoms with Crippen LogP contribution in [0, 0.1) is 0 Å². The minimum absolute atomic E-state index is 0.521. The fourth-order valence-electron chi connectivity index (χ4n) is 1.00. The molecule has 0 fully saturated rings. The van der Waals surface area contributed by atoms with E-state index in [4.69, 9.17) is 5.11 Å². The molecule has 0 aromatic carbocycles. The fourth-order valence-corrected chi connectivity index (χ4v) is 1.00. The Labute approximate surface area is 70.3 Å². The highest BCUT2D eigenvalue weighted by Crippen LogP contribution is 2.15. The van der Waals surface area contributed by atoms with Crippen molar-refractivity contribution in [1.82, 2.24) is 9.97 Å². The minimum atomic E-state index is -0.849. The number of aliphatic carboxylic acids is 1. The van der Waals surface area contributed by atoms with Crippen LogP contribution in [0.3, 0.4) is 0 Å². The minimum Gasteiger partial charge on any atom is -0.481 e. The monoisotopic (exact) mass is 166 g/mol. The van der Waals surface area contributed by atoms with E-state index in [-0.39, 0.29) is 0 Å². The van der Waals surface area contributed by atoms with E-state index >= 15 is 0 Å². The lowest BCUT2D eigenvalue weighted by Gasteiger charge is -2.06. The van der Waals surface area contributed by atoms with Crippen molar-refractivity contribution in [1.29, 1.82) is 0 Å². The lowest BCUT2D eigenvalue weighted by atomic mass is 10.0. The summed E-state index contributed by atoms with van der Waals surface area (Å²) in [6.07, 6.45) is 5.05. The molecule has 0 saturated carbocycles. The van der Waals surface area contributed by atoms with Gasteiger partial charge in [-0.2, -0.15) is 0 Å². The zero-order valence-electron chi connectivity index (χ0n) is 6.77. The molecule has 0 spiro atoms. The van der Waals surface area contributed by atoms with Crippen LogP contribution in [0.5, 0.6) is 0 Å². The molecule has 0 radical (unpaired) electrons. The van der Waals surface area contributed by atoms with Crippen LogP contribution in [0.1, 0.15) is 25.0 Å². The van der Waals surface area contributed by atoms with Crippen molar-refractivity contribution < 1.29 is 9.90 Å². The van der Waals surface area contributed by atoms with Gasteiger partial charge in [-0.3, -0.25) is 14.8 Å². The molecule has 0 aliphatic rings. The van der Waals surface area contributed by atoms with Gasteiger partial charge in [-0.05, 0) is 6.42 Å². The molecule has 1 unspecified atom stereocenters. The van der Waals surface area contributed by atoms with E-state index < -0.39 is 11.9 Å². The molecule has 0 aliphatic heterocycles. The van der Waals surface area contributed by atoms with Crippen molar-refractivity contribution >= 4 is 5.97 Å². The highest BCUT2D eigenvalue weighted by Gasteiger charge is 2.18. The van der Waals surface area contributed by atoms with Gasteiger partial charge in [0, 0.05) is 18.6 Å². The second-order valence-corrected chi connectivity index (χ2v) is 2.43. The number of hydrogen-bond donors (Lipinski definition) is 1. The van der Waals surface area contributed by atoms with Gasteiger partial charge in [-0.25, -0.2) is 0 Å². The highest BCUT2D eigenvalue weighted by molar-refractivity contribution is 5.75. The standard InChI is InChI=1S/C8H10N2O2/c1-2-6(8(11)12)7-5-9-3-4-10-7/h3-6H,2H2,1H3,(H,11,12). The maximum Gasteiger partial charge on any atom is 0.312 e.